The number of halogens is 2. The van der Waals surface area contributed by atoms with Gasteiger partial charge >= 0.3 is 5.69 Å². The topological polar surface area (TPSA) is 93.0 Å². The first-order chi connectivity index (χ1) is 12.0. The second-order valence-corrected chi connectivity index (χ2v) is 6.30. The Morgan fingerprint density at radius 2 is 1.64 bits per heavy atom. The first kappa shape index (κ1) is 17.1. The van der Waals surface area contributed by atoms with Crippen LogP contribution >= 0.6 is 27.5 Å². The summed E-state index contributed by atoms with van der Waals surface area (Å²) in [6.07, 6.45) is 1.25. The highest BCUT2D eigenvalue weighted by Gasteiger charge is 2.23. The molecule has 0 unspecified atom stereocenters. The average Bonchev–Trinajstić information content (AvgIpc) is 2.57. The van der Waals surface area contributed by atoms with Gasteiger partial charge in [0.05, 0.1) is 4.92 Å². The van der Waals surface area contributed by atoms with E-state index in [9.17, 15) is 10.1 Å². The molecule has 0 aliphatic rings. The van der Waals surface area contributed by atoms with Crippen molar-refractivity contribution in [3.63, 3.8) is 0 Å². The van der Waals surface area contributed by atoms with Gasteiger partial charge in [0.25, 0.3) is 0 Å². The molecule has 0 aliphatic heterocycles. The third-order valence-corrected chi connectivity index (χ3v) is 3.96. The monoisotopic (exact) mass is 419 g/mol. The van der Waals surface area contributed by atoms with Gasteiger partial charge in [-0.1, -0.05) is 33.6 Å². The third-order valence-electron chi connectivity index (χ3n) is 3.20. The second-order valence-electron chi connectivity index (χ2n) is 4.94. The Morgan fingerprint density at radius 3 is 2.24 bits per heavy atom. The number of nitrogens with zero attached hydrogens (tertiary/aromatic N) is 3. The molecule has 25 heavy (non-hydrogen) atoms. The molecule has 2 N–H and O–H groups in total. The van der Waals surface area contributed by atoms with Gasteiger partial charge in [-0.2, -0.15) is 0 Å². The Labute approximate surface area is 156 Å². The number of benzene rings is 2. The summed E-state index contributed by atoms with van der Waals surface area (Å²) in [4.78, 5) is 19.0. The molecule has 0 saturated carbocycles. The molecule has 0 radical (unpaired) electrons. The molecule has 0 fully saturated rings. The minimum atomic E-state index is -0.534. The van der Waals surface area contributed by atoms with Crippen LogP contribution in [0.5, 0.6) is 0 Å². The van der Waals surface area contributed by atoms with Crippen LogP contribution in [0.1, 0.15) is 0 Å². The fourth-order valence-corrected chi connectivity index (χ4v) is 2.56. The number of hydrogen-bond acceptors (Lipinski definition) is 6. The van der Waals surface area contributed by atoms with Gasteiger partial charge in [-0.25, -0.2) is 9.97 Å². The predicted molar refractivity (Wildman–Crippen MR) is 101 cm³/mol. The summed E-state index contributed by atoms with van der Waals surface area (Å²) in [5.74, 6) is 0.161. The first-order valence-electron chi connectivity index (χ1n) is 7.07. The van der Waals surface area contributed by atoms with Crippen molar-refractivity contribution in [1.82, 2.24) is 9.97 Å². The Morgan fingerprint density at radius 1 is 1.00 bits per heavy atom. The van der Waals surface area contributed by atoms with E-state index in [4.69, 9.17) is 11.6 Å². The third kappa shape index (κ3) is 4.23. The summed E-state index contributed by atoms with van der Waals surface area (Å²) >= 11 is 9.28. The first-order valence-corrected chi connectivity index (χ1v) is 8.24. The van der Waals surface area contributed by atoms with Crippen molar-refractivity contribution < 1.29 is 4.92 Å². The average molecular weight is 421 g/mol. The predicted octanol–water partition coefficient (Wildman–Crippen LogP) is 5.29. The van der Waals surface area contributed by atoms with Gasteiger partial charge < -0.3 is 10.6 Å². The van der Waals surface area contributed by atoms with Crippen LogP contribution in [0.4, 0.5) is 28.7 Å². The molecule has 0 aliphatic carbocycles. The van der Waals surface area contributed by atoms with E-state index < -0.39 is 4.92 Å². The summed E-state index contributed by atoms with van der Waals surface area (Å²) in [7, 11) is 0. The lowest BCUT2D eigenvalue weighted by atomic mass is 10.3. The Hall–Kier alpha value is -2.71. The summed E-state index contributed by atoms with van der Waals surface area (Å²) in [6.45, 7) is 0. The van der Waals surface area contributed by atoms with Crippen molar-refractivity contribution in [3.05, 3.63) is 74.5 Å². The van der Waals surface area contributed by atoms with Gasteiger partial charge in [0.1, 0.15) is 6.33 Å². The standard InChI is InChI=1S/C16H11BrClN5O2/c17-10-4-6-12(7-5-10)21-15-14(23(24)25)16(20-9-19-15)22-13-3-1-2-11(18)8-13/h1-9H,(H2,19,20,21,22). The molecule has 7 nitrogen and oxygen atoms in total. The normalized spacial score (nSPS) is 10.3. The number of aromatic nitrogens is 2. The highest BCUT2D eigenvalue weighted by Crippen LogP contribution is 2.33. The Kier molecular flexibility index (Phi) is 5.11. The van der Waals surface area contributed by atoms with E-state index in [2.05, 4.69) is 36.5 Å². The fraction of sp³-hybridized carbons (Fsp3) is 0. The highest BCUT2D eigenvalue weighted by atomic mass is 79.9. The van der Waals surface area contributed by atoms with Gasteiger partial charge in [-0.15, -0.1) is 0 Å². The molecule has 3 aromatic rings. The lowest BCUT2D eigenvalue weighted by Crippen LogP contribution is -2.05. The van der Waals surface area contributed by atoms with E-state index in [1.165, 1.54) is 6.33 Å². The molecule has 0 spiro atoms. The molecular formula is C16H11BrClN5O2. The molecule has 1 aromatic heterocycles. The van der Waals surface area contributed by atoms with Gasteiger partial charge in [0.15, 0.2) is 0 Å². The number of hydrogen-bond donors (Lipinski definition) is 2. The van der Waals surface area contributed by atoms with Crippen molar-refractivity contribution in [3.8, 4) is 0 Å². The summed E-state index contributed by atoms with van der Waals surface area (Å²) < 4.78 is 0.901. The minimum Gasteiger partial charge on any atom is -0.334 e. The lowest BCUT2D eigenvalue weighted by molar-refractivity contribution is -0.383. The molecule has 0 amide bonds. The van der Waals surface area contributed by atoms with Crippen LogP contribution in [0.3, 0.4) is 0 Å². The Balaban J connectivity index is 1.96. The van der Waals surface area contributed by atoms with Gasteiger partial charge in [0.2, 0.25) is 11.6 Å². The number of anilines is 4. The molecule has 126 valence electrons. The SMILES string of the molecule is O=[N+]([O-])c1c(Nc2ccc(Br)cc2)ncnc1Nc1cccc(Cl)c1. The highest BCUT2D eigenvalue weighted by molar-refractivity contribution is 9.10. The molecule has 3 rings (SSSR count). The van der Waals surface area contributed by atoms with E-state index in [1.807, 2.05) is 12.1 Å². The number of rotatable bonds is 5. The van der Waals surface area contributed by atoms with Crippen LogP contribution in [0, 0.1) is 10.1 Å². The maximum Gasteiger partial charge on any atom is 0.353 e. The molecular weight excluding hydrogens is 410 g/mol. The van der Waals surface area contributed by atoms with Crippen LogP contribution in [-0.2, 0) is 0 Å². The maximum atomic E-state index is 11.6. The molecule has 1 heterocycles. The van der Waals surface area contributed by atoms with E-state index in [1.54, 1.807) is 36.4 Å². The fourth-order valence-electron chi connectivity index (χ4n) is 2.11. The van der Waals surface area contributed by atoms with E-state index in [0.29, 0.717) is 16.4 Å². The molecule has 0 atom stereocenters. The zero-order valence-electron chi connectivity index (χ0n) is 12.6. The van der Waals surface area contributed by atoms with Crippen molar-refractivity contribution in [2.24, 2.45) is 0 Å². The van der Waals surface area contributed by atoms with Crippen LogP contribution in [-0.4, -0.2) is 14.9 Å². The van der Waals surface area contributed by atoms with Crippen LogP contribution in [0.15, 0.2) is 59.3 Å². The van der Waals surface area contributed by atoms with Crippen LogP contribution in [0.25, 0.3) is 0 Å². The van der Waals surface area contributed by atoms with Crippen LogP contribution < -0.4 is 10.6 Å². The second kappa shape index (κ2) is 7.45. The van der Waals surface area contributed by atoms with Gasteiger partial charge in [-0.05, 0) is 42.5 Å². The minimum absolute atomic E-state index is 0.0712. The van der Waals surface area contributed by atoms with E-state index in [0.717, 1.165) is 4.47 Å². The molecule has 0 bridgehead atoms. The number of nitrogens with one attached hydrogen (secondary N) is 2. The zero-order valence-corrected chi connectivity index (χ0v) is 15.0. The van der Waals surface area contributed by atoms with Crippen LogP contribution in [0.2, 0.25) is 5.02 Å². The molecule has 0 saturated heterocycles. The van der Waals surface area contributed by atoms with Crippen molar-refractivity contribution in [1.29, 1.82) is 0 Å². The summed E-state index contributed by atoms with van der Waals surface area (Å²) in [5.41, 5.74) is 0.994. The molecule has 9 heteroatoms. The lowest BCUT2D eigenvalue weighted by Gasteiger charge is -2.10. The largest absolute Gasteiger partial charge is 0.353 e. The number of nitro groups is 1. The van der Waals surface area contributed by atoms with Crippen molar-refractivity contribution in [2.45, 2.75) is 0 Å². The van der Waals surface area contributed by atoms with Gasteiger partial charge in [-0.3, -0.25) is 10.1 Å². The summed E-state index contributed by atoms with van der Waals surface area (Å²) in [6, 6.07) is 14.0. The quantitative estimate of drug-likeness (QED) is 0.430. The maximum absolute atomic E-state index is 11.6. The summed E-state index contributed by atoms with van der Waals surface area (Å²) in [5, 5.41) is 17.9. The van der Waals surface area contributed by atoms with E-state index >= 15 is 0 Å². The van der Waals surface area contributed by atoms with Crippen molar-refractivity contribution >= 4 is 56.2 Å². The smallest absolute Gasteiger partial charge is 0.334 e. The molecule has 2 aromatic carbocycles. The van der Waals surface area contributed by atoms with E-state index in [-0.39, 0.29) is 17.3 Å². The zero-order chi connectivity index (χ0) is 17.8. The van der Waals surface area contributed by atoms with Gasteiger partial charge in [0, 0.05) is 20.9 Å². The van der Waals surface area contributed by atoms with Crippen molar-refractivity contribution in [2.75, 3.05) is 10.6 Å². The Bertz CT molecular complexity index is 921.